The third-order valence-electron chi connectivity index (χ3n) is 5.62. The number of anilines is 1. The Labute approximate surface area is 159 Å². The van der Waals surface area contributed by atoms with Crippen molar-refractivity contribution in [1.29, 1.82) is 0 Å². The lowest BCUT2D eigenvalue weighted by atomic mass is 9.88. The van der Waals surface area contributed by atoms with E-state index in [2.05, 4.69) is 19.1 Å². The number of amides is 2. The van der Waals surface area contributed by atoms with Crippen molar-refractivity contribution < 1.29 is 14.6 Å². The van der Waals surface area contributed by atoms with Crippen molar-refractivity contribution in [2.45, 2.75) is 51.2 Å². The van der Waals surface area contributed by atoms with Gasteiger partial charge >= 0.3 is 6.03 Å². The number of rotatable bonds is 3. The molecule has 2 aliphatic rings. The van der Waals surface area contributed by atoms with E-state index in [-0.39, 0.29) is 12.2 Å². The smallest absolute Gasteiger partial charge is 0.319 e. The van der Waals surface area contributed by atoms with E-state index in [1.807, 2.05) is 24.3 Å². The molecule has 2 aromatic rings. The summed E-state index contributed by atoms with van der Waals surface area (Å²) >= 11 is 0. The van der Waals surface area contributed by atoms with Gasteiger partial charge in [-0.3, -0.25) is 4.90 Å². The largest absolute Gasteiger partial charge is 0.488 e. The molecule has 0 bridgehead atoms. The van der Waals surface area contributed by atoms with Crippen LogP contribution in [0.2, 0.25) is 0 Å². The number of nitrogens with two attached hydrogens (primary N) is 1. The van der Waals surface area contributed by atoms with Crippen molar-refractivity contribution in [3.05, 3.63) is 58.7 Å². The fourth-order valence-corrected chi connectivity index (χ4v) is 4.22. The number of primary amides is 1. The predicted molar refractivity (Wildman–Crippen MR) is 105 cm³/mol. The molecule has 2 unspecified atom stereocenters. The van der Waals surface area contributed by atoms with Gasteiger partial charge in [-0.25, -0.2) is 4.79 Å². The van der Waals surface area contributed by atoms with Gasteiger partial charge < -0.3 is 15.6 Å². The molecule has 0 spiro atoms. The first kappa shape index (κ1) is 17.9. The van der Waals surface area contributed by atoms with Crippen LogP contribution < -0.4 is 15.4 Å². The summed E-state index contributed by atoms with van der Waals surface area (Å²) in [5.41, 5.74) is 11.2. The first-order valence-electron chi connectivity index (χ1n) is 9.63. The predicted octanol–water partition coefficient (Wildman–Crippen LogP) is 3.12. The van der Waals surface area contributed by atoms with Crippen molar-refractivity contribution in [3.8, 4) is 5.75 Å². The van der Waals surface area contributed by atoms with Crippen LogP contribution in [0.15, 0.2) is 36.4 Å². The SMILES string of the molecule is Cc1ccc2c(c1)CCC(CN(C(N)=O)c1cccc3c1CC(O)CC3)O2. The van der Waals surface area contributed by atoms with Gasteiger partial charge in [0.15, 0.2) is 0 Å². The summed E-state index contributed by atoms with van der Waals surface area (Å²) in [7, 11) is 0. The third kappa shape index (κ3) is 3.65. The number of aryl methyl sites for hydroxylation is 3. The molecule has 1 aliphatic carbocycles. The molecule has 1 aliphatic heterocycles. The number of carbonyl (C=O) groups is 1. The summed E-state index contributed by atoms with van der Waals surface area (Å²) in [6.45, 7) is 2.49. The fourth-order valence-electron chi connectivity index (χ4n) is 4.22. The van der Waals surface area contributed by atoms with E-state index >= 15 is 0 Å². The number of urea groups is 1. The highest BCUT2D eigenvalue weighted by molar-refractivity contribution is 5.92. The van der Waals surface area contributed by atoms with Crippen LogP contribution in [-0.4, -0.2) is 29.9 Å². The molecule has 0 saturated carbocycles. The number of hydrogen-bond acceptors (Lipinski definition) is 3. The summed E-state index contributed by atoms with van der Waals surface area (Å²) in [6.07, 6.45) is 3.45. The average Bonchev–Trinajstić information content (AvgIpc) is 2.65. The molecule has 1 heterocycles. The number of aliphatic hydroxyl groups excluding tert-OH is 1. The number of benzene rings is 2. The van der Waals surface area contributed by atoms with E-state index in [1.54, 1.807) is 4.90 Å². The molecule has 0 aromatic heterocycles. The summed E-state index contributed by atoms with van der Waals surface area (Å²) in [4.78, 5) is 13.9. The van der Waals surface area contributed by atoms with Gasteiger partial charge in [0.2, 0.25) is 0 Å². The molecule has 2 aromatic carbocycles. The van der Waals surface area contributed by atoms with Crippen LogP contribution in [-0.2, 0) is 19.3 Å². The number of carbonyl (C=O) groups excluding carboxylic acids is 1. The molecule has 2 atom stereocenters. The van der Waals surface area contributed by atoms with Gasteiger partial charge in [-0.2, -0.15) is 0 Å². The van der Waals surface area contributed by atoms with Crippen LogP contribution in [0.25, 0.3) is 0 Å². The zero-order chi connectivity index (χ0) is 19.0. The quantitative estimate of drug-likeness (QED) is 0.876. The van der Waals surface area contributed by atoms with Crippen LogP contribution >= 0.6 is 0 Å². The Balaban J connectivity index is 1.58. The molecule has 4 rings (SSSR count). The normalized spacial score (nSPS) is 21.0. The van der Waals surface area contributed by atoms with E-state index in [9.17, 15) is 9.90 Å². The minimum absolute atomic E-state index is 0.0999. The van der Waals surface area contributed by atoms with Crippen molar-refractivity contribution >= 4 is 11.7 Å². The van der Waals surface area contributed by atoms with Crippen molar-refractivity contribution in [2.75, 3.05) is 11.4 Å². The van der Waals surface area contributed by atoms with E-state index in [0.29, 0.717) is 13.0 Å². The lowest BCUT2D eigenvalue weighted by Gasteiger charge is -2.33. The van der Waals surface area contributed by atoms with Crippen LogP contribution in [0.1, 0.15) is 35.1 Å². The van der Waals surface area contributed by atoms with Gasteiger partial charge in [-0.1, -0.05) is 29.8 Å². The lowest BCUT2D eigenvalue weighted by Crippen LogP contribution is -2.44. The zero-order valence-electron chi connectivity index (χ0n) is 15.6. The highest BCUT2D eigenvalue weighted by Gasteiger charge is 2.28. The van der Waals surface area contributed by atoms with Gasteiger partial charge in [0, 0.05) is 12.1 Å². The second-order valence-corrected chi connectivity index (χ2v) is 7.65. The Bertz CT molecular complexity index is 865. The summed E-state index contributed by atoms with van der Waals surface area (Å²) in [6, 6.07) is 11.7. The Morgan fingerprint density at radius 1 is 1.22 bits per heavy atom. The number of ether oxygens (including phenoxy) is 1. The summed E-state index contributed by atoms with van der Waals surface area (Å²) in [5, 5.41) is 10.1. The Morgan fingerprint density at radius 3 is 2.85 bits per heavy atom. The number of nitrogens with zero attached hydrogens (tertiary/aromatic N) is 1. The molecule has 3 N–H and O–H groups in total. The maximum absolute atomic E-state index is 12.3. The van der Waals surface area contributed by atoms with E-state index in [4.69, 9.17) is 10.5 Å². The molecule has 142 valence electrons. The lowest BCUT2D eigenvalue weighted by molar-refractivity contribution is 0.158. The Hall–Kier alpha value is -2.53. The van der Waals surface area contributed by atoms with Crippen LogP contribution in [0.3, 0.4) is 0 Å². The molecular formula is C22H26N2O3. The van der Waals surface area contributed by atoms with Crippen LogP contribution in [0, 0.1) is 6.92 Å². The van der Waals surface area contributed by atoms with Crippen LogP contribution in [0.5, 0.6) is 5.75 Å². The Kier molecular flexibility index (Phi) is 4.79. The van der Waals surface area contributed by atoms with Crippen molar-refractivity contribution in [1.82, 2.24) is 0 Å². The van der Waals surface area contributed by atoms with Gasteiger partial charge in [0.1, 0.15) is 11.9 Å². The average molecular weight is 366 g/mol. The number of fused-ring (bicyclic) bond motifs is 2. The molecule has 0 saturated heterocycles. The van der Waals surface area contributed by atoms with Crippen molar-refractivity contribution in [2.24, 2.45) is 5.73 Å². The van der Waals surface area contributed by atoms with E-state index < -0.39 is 6.03 Å². The Morgan fingerprint density at radius 2 is 2.04 bits per heavy atom. The highest BCUT2D eigenvalue weighted by Crippen LogP contribution is 2.33. The maximum Gasteiger partial charge on any atom is 0.319 e. The maximum atomic E-state index is 12.3. The first-order valence-corrected chi connectivity index (χ1v) is 9.63. The van der Waals surface area contributed by atoms with Crippen LogP contribution in [0.4, 0.5) is 10.5 Å². The number of hydrogen-bond donors (Lipinski definition) is 2. The topological polar surface area (TPSA) is 75.8 Å². The number of aliphatic hydroxyl groups is 1. The van der Waals surface area contributed by atoms with Gasteiger partial charge in [0.05, 0.1) is 12.6 Å². The molecule has 0 radical (unpaired) electrons. The molecule has 0 fully saturated rings. The van der Waals surface area contributed by atoms with Gasteiger partial charge in [0.25, 0.3) is 0 Å². The first-order chi connectivity index (χ1) is 13.0. The standard InChI is InChI=1S/C22H26N2O3/c1-14-5-10-21-16(11-14)7-9-18(27-21)13-24(22(23)26)20-4-2-3-15-6-8-17(25)12-19(15)20/h2-5,10-11,17-18,25H,6-9,12-13H2,1H3,(H2,23,26). The summed E-state index contributed by atoms with van der Waals surface area (Å²) in [5.74, 6) is 0.895. The van der Waals surface area contributed by atoms with E-state index in [0.717, 1.165) is 42.7 Å². The minimum Gasteiger partial charge on any atom is -0.488 e. The minimum atomic E-state index is -0.484. The zero-order valence-corrected chi connectivity index (χ0v) is 15.6. The van der Waals surface area contributed by atoms with Gasteiger partial charge in [-0.15, -0.1) is 0 Å². The fraction of sp³-hybridized carbons (Fsp3) is 0.409. The second-order valence-electron chi connectivity index (χ2n) is 7.65. The van der Waals surface area contributed by atoms with E-state index in [1.165, 1.54) is 16.7 Å². The monoisotopic (exact) mass is 366 g/mol. The molecule has 5 heteroatoms. The summed E-state index contributed by atoms with van der Waals surface area (Å²) < 4.78 is 6.16. The molecule has 5 nitrogen and oxygen atoms in total. The molecule has 27 heavy (non-hydrogen) atoms. The molecular weight excluding hydrogens is 340 g/mol. The highest BCUT2D eigenvalue weighted by atomic mass is 16.5. The molecule has 2 amide bonds. The van der Waals surface area contributed by atoms with Gasteiger partial charge in [-0.05, 0) is 61.4 Å². The third-order valence-corrected chi connectivity index (χ3v) is 5.62. The van der Waals surface area contributed by atoms with Crippen molar-refractivity contribution in [3.63, 3.8) is 0 Å². The second kappa shape index (κ2) is 7.24.